The van der Waals surface area contributed by atoms with Gasteiger partial charge in [-0.2, -0.15) is 0 Å². The van der Waals surface area contributed by atoms with Crippen molar-refractivity contribution in [3.8, 4) is 0 Å². The average molecular weight is 208 g/mol. The standard InChI is InChI=1S/C12H20N2O/c1-3-4-13-5-6-15-10-12-7-11(2)8-14-9-12/h7-9,13H,3-6,10H2,1-2H3. The molecule has 0 aliphatic heterocycles. The number of nitrogens with one attached hydrogen (secondary N) is 1. The Bertz CT molecular complexity index is 276. The molecule has 0 aromatic carbocycles. The van der Waals surface area contributed by atoms with Crippen molar-refractivity contribution >= 4 is 0 Å². The van der Waals surface area contributed by atoms with Crippen LogP contribution in [0, 0.1) is 6.92 Å². The highest BCUT2D eigenvalue weighted by molar-refractivity contribution is 5.15. The Morgan fingerprint density at radius 1 is 1.33 bits per heavy atom. The molecule has 15 heavy (non-hydrogen) atoms. The molecule has 0 bridgehead atoms. The van der Waals surface area contributed by atoms with E-state index in [0.717, 1.165) is 25.3 Å². The van der Waals surface area contributed by atoms with Gasteiger partial charge in [-0.25, -0.2) is 0 Å². The second-order valence-corrected chi connectivity index (χ2v) is 3.67. The quantitative estimate of drug-likeness (QED) is 0.695. The van der Waals surface area contributed by atoms with Gasteiger partial charge in [0.15, 0.2) is 0 Å². The molecule has 1 aromatic rings. The van der Waals surface area contributed by atoms with Crippen LogP contribution < -0.4 is 5.32 Å². The number of aryl methyl sites for hydroxylation is 1. The Morgan fingerprint density at radius 3 is 2.93 bits per heavy atom. The van der Waals surface area contributed by atoms with Gasteiger partial charge in [-0.3, -0.25) is 4.98 Å². The number of rotatable bonds is 7. The highest BCUT2D eigenvalue weighted by atomic mass is 16.5. The maximum absolute atomic E-state index is 5.52. The molecule has 1 aromatic heterocycles. The van der Waals surface area contributed by atoms with Gasteiger partial charge in [-0.1, -0.05) is 13.0 Å². The number of nitrogens with zero attached hydrogens (tertiary/aromatic N) is 1. The molecular weight excluding hydrogens is 188 g/mol. The number of hydrogen-bond acceptors (Lipinski definition) is 3. The Labute approximate surface area is 91.9 Å². The molecule has 3 nitrogen and oxygen atoms in total. The molecule has 0 aliphatic carbocycles. The van der Waals surface area contributed by atoms with Crippen LogP contribution in [0.25, 0.3) is 0 Å². The van der Waals surface area contributed by atoms with Crippen LogP contribution in [0.2, 0.25) is 0 Å². The smallest absolute Gasteiger partial charge is 0.0732 e. The van der Waals surface area contributed by atoms with E-state index in [0.29, 0.717) is 6.61 Å². The number of hydrogen-bond donors (Lipinski definition) is 1. The lowest BCUT2D eigenvalue weighted by molar-refractivity contribution is 0.122. The lowest BCUT2D eigenvalue weighted by Gasteiger charge is -2.05. The minimum absolute atomic E-state index is 0.655. The van der Waals surface area contributed by atoms with Gasteiger partial charge in [0.1, 0.15) is 0 Å². The molecular formula is C12H20N2O. The second-order valence-electron chi connectivity index (χ2n) is 3.67. The summed E-state index contributed by atoms with van der Waals surface area (Å²) in [5.74, 6) is 0. The highest BCUT2D eigenvalue weighted by Gasteiger charge is 1.94. The second kappa shape index (κ2) is 7.37. The highest BCUT2D eigenvalue weighted by Crippen LogP contribution is 2.02. The summed E-state index contributed by atoms with van der Waals surface area (Å²) >= 11 is 0. The lowest BCUT2D eigenvalue weighted by atomic mass is 10.2. The van der Waals surface area contributed by atoms with Crippen molar-refractivity contribution in [2.75, 3.05) is 19.7 Å². The minimum atomic E-state index is 0.655. The molecule has 1 N–H and O–H groups in total. The first-order valence-electron chi connectivity index (χ1n) is 5.52. The molecule has 0 aliphatic rings. The average Bonchev–Trinajstić information content (AvgIpc) is 2.23. The first-order chi connectivity index (χ1) is 7.33. The van der Waals surface area contributed by atoms with Crippen LogP contribution in [0.5, 0.6) is 0 Å². The molecule has 0 saturated heterocycles. The summed E-state index contributed by atoms with van der Waals surface area (Å²) in [5.41, 5.74) is 2.32. The fraction of sp³-hybridized carbons (Fsp3) is 0.583. The van der Waals surface area contributed by atoms with E-state index >= 15 is 0 Å². The fourth-order valence-corrected chi connectivity index (χ4v) is 1.33. The molecule has 0 unspecified atom stereocenters. The normalized spacial score (nSPS) is 10.5. The van der Waals surface area contributed by atoms with Gasteiger partial charge >= 0.3 is 0 Å². The van der Waals surface area contributed by atoms with Crippen molar-refractivity contribution in [3.05, 3.63) is 29.6 Å². The maximum Gasteiger partial charge on any atom is 0.0732 e. The summed E-state index contributed by atoms with van der Waals surface area (Å²) in [6.07, 6.45) is 4.88. The van der Waals surface area contributed by atoms with Crippen LogP contribution in [0.1, 0.15) is 24.5 Å². The van der Waals surface area contributed by atoms with Gasteiger partial charge in [-0.15, -0.1) is 0 Å². The summed E-state index contributed by atoms with van der Waals surface area (Å²) in [5, 5.41) is 3.29. The van der Waals surface area contributed by atoms with Crippen LogP contribution >= 0.6 is 0 Å². The molecule has 1 heterocycles. The summed E-state index contributed by atoms with van der Waals surface area (Å²) in [6.45, 7) is 7.60. The SMILES string of the molecule is CCCNCCOCc1cncc(C)c1. The van der Waals surface area contributed by atoms with E-state index in [9.17, 15) is 0 Å². The van der Waals surface area contributed by atoms with Gasteiger partial charge in [-0.05, 0) is 31.0 Å². The van der Waals surface area contributed by atoms with Crippen molar-refractivity contribution in [2.24, 2.45) is 0 Å². The Morgan fingerprint density at radius 2 is 2.20 bits per heavy atom. The van der Waals surface area contributed by atoms with E-state index in [4.69, 9.17) is 4.74 Å². The zero-order chi connectivity index (χ0) is 10.9. The molecule has 1 rings (SSSR count). The third-order valence-corrected chi connectivity index (χ3v) is 2.05. The van der Waals surface area contributed by atoms with Gasteiger partial charge in [0.05, 0.1) is 13.2 Å². The molecule has 0 saturated carbocycles. The van der Waals surface area contributed by atoms with Crippen molar-refractivity contribution in [1.29, 1.82) is 0 Å². The van der Waals surface area contributed by atoms with Crippen molar-refractivity contribution in [2.45, 2.75) is 26.9 Å². The van der Waals surface area contributed by atoms with E-state index in [1.54, 1.807) is 0 Å². The Kier molecular flexibility index (Phi) is 5.97. The van der Waals surface area contributed by atoms with Crippen LogP contribution in [0.3, 0.4) is 0 Å². The third-order valence-electron chi connectivity index (χ3n) is 2.05. The summed E-state index contributed by atoms with van der Waals surface area (Å²) < 4.78 is 5.52. The molecule has 0 spiro atoms. The number of pyridine rings is 1. The lowest BCUT2D eigenvalue weighted by Crippen LogP contribution is -2.20. The van der Waals surface area contributed by atoms with E-state index in [1.165, 1.54) is 12.0 Å². The largest absolute Gasteiger partial charge is 0.375 e. The van der Waals surface area contributed by atoms with Crippen molar-refractivity contribution in [1.82, 2.24) is 10.3 Å². The van der Waals surface area contributed by atoms with Gasteiger partial charge < -0.3 is 10.1 Å². The van der Waals surface area contributed by atoms with Crippen LogP contribution in [0.15, 0.2) is 18.5 Å². The van der Waals surface area contributed by atoms with Gasteiger partial charge in [0.25, 0.3) is 0 Å². The number of ether oxygens (including phenoxy) is 1. The van der Waals surface area contributed by atoms with Crippen LogP contribution in [-0.4, -0.2) is 24.7 Å². The molecule has 0 atom stereocenters. The first kappa shape index (κ1) is 12.1. The van der Waals surface area contributed by atoms with E-state index < -0.39 is 0 Å². The van der Waals surface area contributed by atoms with Crippen molar-refractivity contribution < 1.29 is 4.74 Å². The monoisotopic (exact) mass is 208 g/mol. The fourth-order valence-electron chi connectivity index (χ4n) is 1.33. The van der Waals surface area contributed by atoms with E-state index in [1.807, 2.05) is 19.3 Å². The topological polar surface area (TPSA) is 34.1 Å². The molecule has 3 heteroatoms. The van der Waals surface area contributed by atoms with E-state index in [2.05, 4.69) is 23.3 Å². The summed E-state index contributed by atoms with van der Waals surface area (Å²) in [4.78, 5) is 4.12. The third kappa shape index (κ3) is 5.50. The summed E-state index contributed by atoms with van der Waals surface area (Å²) in [7, 11) is 0. The first-order valence-corrected chi connectivity index (χ1v) is 5.52. The zero-order valence-corrected chi connectivity index (χ0v) is 9.62. The molecule has 84 valence electrons. The minimum Gasteiger partial charge on any atom is -0.375 e. The molecule has 0 fully saturated rings. The molecule has 0 amide bonds. The van der Waals surface area contributed by atoms with Crippen LogP contribution in [-0.2, 0) is 11.3 Å². The maximum atomic E-state index is 5.52. The predicted octanol–water partition coefficient (Wildman–Crippen LogP) is 1.91. The summed E-state index contributed by atoms with van der Waals surface area (Å²) in [6, 6.07) is 2.10. The molecule has 0 radical (unpaired) electrons. The van der Waals surface area contributed by atoms with Crippen molar-refractivity contribution in [3.63, 3.8) is 0 Å². The van der Waals surface area contributed by atoms with Gasteiger partial charge in [0, 0.05) is 18.9 Å². The van der Waals surface area contributed by atoms with Crippen LogP contribution in [0.4, 0.5) is 0 Å². The Balaban J connectivity index is 2.10. The Hall–Kier alpha value is -0.930. The zero-order valence-electron chi connectivity index (χ0n) is 9.62. The van der Waals surface area contributed by atoms with E-state index in [-0.39, 0.29) is 0 Å². The number of aromatic nitrogens is 1. The van der Waals surface area contributed by atoms with Gasteiger partial charge in [0.2, 0.25) is 0 Å². The predicted molar refractivity (Wildman–Crippen MR) is 61.8 cm³/mol.